The van der Waals surface area contributed by atoms with Crippen LogP contribution < -0.4 is 5.32 Å². The normalized spacial score (nSPS) is 12.4. The van der Waals surface area contributed by atoms with Crippen molar-refractivity contribution in [3.05, 3.63) is 0 Å². The number of amides is 2. The van der Waals surface area contributed by atoms with Crippen LogP contribution in [0.3, 0.4) is 0 Å². The first-order valence-electron chi connectivity index (χ1n) is 6.62. The lowest BCUT2D eigenvalue weighted by Crippen LogP contribution is -2.26. The van der Waals surface area contributed by atoms with Gasteiger partial charge in [-0.25, -0.2) is 9.59 Å². The molecule has 0 aliphatic heterocycles. The molecule has 0 aromatic rings. The molecular weight excluding hydrogens is 274 g/mol. The monoisotopic (exact) mass is 299 g/mol. The van der Waals surface area contributed by atoms with Gasteiger partial charge in [-0.3, -0.25) is 4.99 Å². The third kappa shape index (κ3) is 10.3. The van der Waals surface area contributed by atoms with Crippen LogP contribution in [-0.2, 0) is 9.53 Å². The van der Waals surface area contributed by atoms with Gasteiger partial charge in [0.25, 0.3) is 0 Å². The van der Waals surface area contributed by atoms with Gasteiger partial charge in [-0.1, -0.05) is 0 Å². The molecule has 0 saturated heterocycles. The van der Waals surface area contributed by atoms with Crippen LogP contribution in [0, 0.1) is 0 Å². The minimum absolute atomic E-state index is 0.384. The highest BCUT2D eigenvalue weighted by Gasteiger charge is 2.16. The number of esters is 1. The van der Waals surface area contributed by atoms with Crippen molar-refractivity contribution in [3.8, 4) is 0 Å². The van der Waals surface area contributed by atoms with Crippen molar-refractivity contribution in [2.45, 2.75) is 18.9 Å². The van der Waals surface area contributed by atoms with Gasteiger partial charge < -0.3 is 19.9 Å². The van der Waals surface area contributed by atoms with Gasteiger partial charge in [0.15, 0.2) is 0 Å². The number of methoxy groups -OCH3 is 1. The van der Waals surface area contributed by atoms with Crippen LogP contribution in [-0.4, -0.2) is 82.4 Å². The molecule has 1 N–H and O–H groups in total. The van der Waals surface area contributed by atoms with E-state index < -0.39 is 12.1 Å². The van der Waals surface area contributed by atoms with Crippen molar-refractivity contribution in [2.24, 2.45) is 9.98 Å². The molecule has 8 heteroatoms. The molecule has 0 aliphatic rings. The van der Waals surface area contributed by atoms with E-state index in [2.05, 4.69) is 15.3 Å². The van der Waals surface area contributed by atoms with Gasteiger partial charge in [0.2, 0.25) is 0 Å². The van der Waals surface area contributed by atoms with E-state index in [1.807, 2.05) is 14.1 Å². The van der Waals surface area contributed by atoms with Crippen LogP contribution in [0.2, 0.25) is 0 Å². The van der Waals surface area contributed by atoms with Gasteiger partial charge in [0.1, 0.15) is 6.04 Å². The maximum atomic E-state index is 11.6. The molecule has 21 heavy (non-hydrogen) atoms. The van der Waals surface area contributed by atoms with Crippen molar-refractivity contribution < 1.29 is 14.3 Å². The summed E-state index contributed by atoms with van der Waals surface area (Å²) in [5.41, 5.74) is 0. The van der Waals surface area contributed by atoms with E-state index in [1.54, 1.807) is 30.2 Å². The highest BCUT2D eigenvalue weighted by Crippen LogP contribution is 2.03. The SMILES string of the molecule is COC(=O)[C@H](CCCNC(=O)/N=C/N(C)C)N=CN(C)C. The van der Waals surface area contributed by atoms with Gasteiger partial charge in [0.05, 0.1) is 19.8 Å². The topological polar surface area (TPSA) is 86.6 Å². The first kappa shape index (κ1) is 18.9. The fraction of sp³-hybridized carbons (Fsp3) is 0.692. The van der Waals surface area contributed by atoms with Gasteiger partial charge in [-0.05, 0) is 12.8 Å². The smallest absolute Gasteiger partial charge is 0.342 e. The standard InChI is InChI=1S/C13H25N5O3/c1-17(2)9-15-11(12(19)21-5)7-6-8-14-13(20)16-10-18(3)4/h9-11H,6-8H2,1-5H3,(H,14,20)/b15-9?,16-10+/t11-/m0/s1. The average Bonchev–Trinajstić information content (AvgIpc) is 2.43. The zero-order valence-corrected chi connectivity index (χ0v) is 13.4. The Morgan fingerprint density at radius 1 is 1.19 bits per heavy atom. The van der Waals surface area contributed by atoms with E-state index >= 15 is 0 Å². The molecule has 0 aromatic heterocycles. The molecule has 0 heterocycles. The van der Waals surface area contributed by atoms with Crippen LogP contribution in [0.15, 0.2) is 9.98 Å². The Kier molecular flexibility index (Phi) is 9.57. The van der Waals surface area contributed by atoms with E-state index in [1.165, 1.54) is 13.4 Å². The molecule has 120 valence electrons. The lowest BCUT2D eigenvalue weighted by molar-refractivity contribution is -0.142. The molecule has 0 unspecified atom stereocenters. The number of carbonyl (C=O) groups excluding carboxylic acids is 2. The molecule has 0 bridgehead atoms. The number of hydrogen-bond donors (Lipinski definition) is 1. The number of carbonyl (C=O) groups is 2. The number of rotatable bonds is 8. The number of nitrogens with one attached hydrogen (secondary N) is 1. The van der Waals surface area contributed by atoms with E-state index in [0.29, 0.717) is 19.4 Å². The Bertz CT molecular complexity index is 380. The largest absolute Gasteiger partial charge is 0.467 e. The molecule has 0 aliphatic carbocycles. The minimum atomic E-state index is -0.556. The van der Waals surface area contributed by atoms with Gasteiger partial charge in [0, 0.05) is 34.7 Å². The van der Waals surface area contributed by atoms with Gasteiger partial charge in [-0.15, -0.1) is 0 Å². The van der Waals surface area contributed by atoms with Gasteiger partial charge >= 0.3 is 12.0 Å². The lowest BCUT2D eigenvalue weighted by atomic mass is 10.1. The Hall–Kier alpha value is -2.12. The third-order valence-electron chi connectivity index (χ3n) is 2.29. The molecule has 0 saturated carbocycles. The van der Waals surface area contributed by atoms with Crippen LogP contribution in [0.4, 0.5) is 4.79 Å². The summed E-state index contributed by atoms with van der Waals surface area (Å²) in [7, 11) is 8.53. The van der Waals surface area contributed by atoms with Crippen molar-refractivity contribution in [1.29, 1.82) is 0 Å². The quantitative estimate of drug-likeness (QED) is 0.299. The summed E-state index contributed by atoms with van der Waals surface area (Å²) in [6, 6.07) is -0.963. The molecule has 1 atom stereocenters. The Morgan fingerprint density at radius 3 is 2.33 bits per heavy atom. The second-order valence-electron chi connectivity index (χ2n) is 4.85. The molecule has 0 spiro atoms. The third-order valence-corrected chi connectivity index (χ3v) is 2.29. The predicted octanol–water partition coefficient (Wildman–Crippen LogP) is 0.198. The first-order valence-corrected chi connectivity index (χ1v) is 6.62. The summed E-state index contributed by atoms with van der Waals surface area (Å²) in [5, 5.41) is 2.64. The number of nitrogens with zero attached hydrogens (tertiary/aromatic N) is 4. The van der Waals surface area contributed by atoms with E-state index in [4.69, 9.17) is 4.74 Å². The van der Waals surface area contributed by atoms with E-state index in [-0.39, 0.29) is 5.97 Å². The summed E-state index contributed by atoms with van der Waals surface area (Å²) < 4.78 is 4.70. The summed E-state index contributed by atoms with van der Waals surface area (Å²) in [6.45, 7) is 0.425. The van der Waals surface area contributed by atoms with Crippen molar-refractivity contribution in [2.75, 3.05) is 41.8 Å². The highest BCUT2D eigenvalue weighted by atomic mass is 16.5. The number of aliphatic imine (C=N–C) groups is 2. The molecule has 0 rings (SSSR count). The van der Waals surface area contributed by atoms with Crippen LogP contribution in [0.25, 0.3) is 0 Å². The maximum Gasteiger partial charge on any atom is 0.342 e. The summed E-state index contributed by atoms with van der Waals surface area (Å²) in [6.07, 6.45) is 4.10. The number of hydrogen-bond acceptors (Lipinski definition) is 4. The van der Waals surface area contributed by atoms with E-state index in [0.717, 1.165) is 0 Å². The zero-order chi connectivity index (χ0) is 16.3. The first-order chi connectivity index (χ1) is 9.86. The maximum absolute atomic E-state index is 11.6. The molecule has 0 aromatic carbocycles. The Balaban J connectivity index is 4.14. The van der Waals surface area contributed by atoms with Gasteiger partial charge in [-0.2, -0.15) is 4.99 Å². The molecular formula is C13H25N5O3. The molecule has 8 nitrogen and oxygen atoms in total. The molecule has 0 radical (unpaired) electrons. The fourth-order valence-corrected chi connectivity index (χ4v) is 1.31. The Labute approximate surface area is 125 Å². The number of urea groups is 1. The van der Waals surface area contributed by atoms with Crippen molar-refractivity contribution in [3.63, 3.8) is 0 Å². The molecule has 2 amide bonds. The van der Waals surface area contributed by atoms with Crippen molar-refractivity contribution >= 4 is 24.7 Å². The minimum Gasteiger partial charge on any atom is -0.467 e. The predicted molar refractivity (Wildman–Crippen MR) is 82.8 cm³/mol. The Morgan fingerprint density at radius 2 is 1.81 bits per heavy atom. The lowest BCUT2D eigenvalue weighted by Gasteiger charge is -2.11. The second-order valence-corrected chi connectivity index (χ2v) is 4.85. The van der Waals surface area contributed by atoms with E-state index in [9.17, 15) is 9.59 Å². The van der Waals surface area contributed by atoms with Crippen LogP contribution >= 0.6 is 0 Å². The number of ether oxygens (including phenoxy) is 1. The summed E-state index contributed by atoms with van der Waals surface area (Å²) in [5.74, 6) is -0.384. The van der Waals surface area contributed by atoms with Crippen LogP contribution in [0.5, 0.6) is 0 Å². The highest BCUT2D eigenvalue weighted by molar-refractivity contribution is 5.82. The summed E-state index contributed by atoms with van der Waals surface area (Å²) >= 11 is 0. The molecule has 0 fully saturated rings. The zero-order valence-electron chi connectivity index (χ0n) is 13.4. The average molecular weight is 299 g/mol. The van der Waals surface area contributed by atoms with Crippen molar-refractivity contribution in [1.82, 2.24) is 15.1 Å². The fourth-order valence-electron chi connectivity index (χ4n) is 1.31. The summed E-state index contributed by atoms with van der Waals surface area (Å²) in [4.78, 5) is 34.1. The van der Waals surface area contributed by atoms with Crippen LogP contribution in [0.1, 0.15) is 12.8 Å². The second kappa shape index (κ2) is 10.6.